The highest BCUT2D eigenvalue weighted by molar-refractivity contribution is 6.20. The average molecular weight is 147 g/mol. The van der Waals surface area contributed by atoms with Crippen LogP contribution < -0.4 is 0 Å². The molecule has 2 atom stereocenters. The summed E-state index contributed by atoms with van der Waals surface area (Å²) in [5.74, 6) is 0.807. The van der Waals surface area contributed by atoms with E-state index in [1.165, 1.54) is 0 Å². The summed E-state index contributed by atoms with van der Waals surface area (Å²) in [6.07, 6.45) is 0.954. The first-order valence-electron chi connectivity index (χ1n) is 3.03. The van der Waals surface area contributed by atoms with Gasteiger partial charge < -0.3 is 4.74 Å². The largest absolute Gasteiger partial charge is 0.465 e. The standard InChI is InChI=1S/C6H7ClO2/c7-3-6-1-4(6)2-9-5(6)8/h4H,1-3H2/t4-,6+/m0/s1. The average Bonchev–Trinajstić information content (AvgIpc) is 2.52. The number of carbonyl (C=O) groups excluding carboxylic acids is 1. The molecule has 0 aromatic rings. The first-order valence-corrected chi connectivity index (χ1v) is 3.56. The van der Waals surface area contributed by atoms with Crippen molar-refractivity contribution >= 4 is 17.6 Å². The molecule has 50 valence electrons. The number of rotatable bonds is 1. The van der Waals surface area contributed by atoms with Gasteiger partial charge in [-0.3, -0.25) is 4.79 Å². The third-order valence-electron chi connectivity index (χ3n) is 2.29. The van der Waals surface area contributed by atoms with Crippen molar-refractivity contribution in [2.45, 2.75) is 6.42 Å². The number of ether oxygens (including phenoxy) is 1. The topological polar surface area (TPSA) is 26.3 Å². The van der Waals surface area contributed by atoms with Crippen LogP contribution in [0.4, 0.5) is 0 Å². The lowest BCUT2D eigenvalue weighted by atomic mass is 10.1. The van der Waals surface area contributed by atoms with Crippen molar-refractivity contribution < 1.29 is 9.53 Å². The summed E-state index contributed by atoms with van der Waals surface area (Å²) in [6, 6.07) is 0. The van der Waals surface area contributed by atoms with Crippen molar-refractivity contribution in [1.82, 2.24) is 0 Å². The maximum Gasteiger partial charge on any atom is 0.313 e. The highest BCUT2D eigenvalue weighted by Gasteiger charge is 2.65. The summed E-state index contributed by atoms with van der Waals surface area (Å²) in [7, 11) is 0. The first-order chi connectivity index (χ1) is 4.29. The lowest BCUT2D eigenvalue weighted by molar-refractivity contribution is -0.144. The van der Waals surface area contributed by atoms with Crippen LogP contribution in [0.15, 0.2) is 0 Å². The van der Waals surface area contributed by atoms with Crippen LogP contribution in [0.25, 0.3) is 0 Å². The highest BCUT2D eigenvalue weighted by atomic mass is 35.5. The summed E-state index contributed by atoms with van der Waals surface area (Å²) in [6.45, 7) is 0.603. The molecule has 1 heterocycles. The molecule has 1 saturated carbocycles. The van der Waals surface area contributed by atoms with Gasteiger partial charge in [-0.2, -0.15) is 0 Å². The fraction of sp³-hybridized carbons (Fsp3) is 0.833. The Bertz CT molecular complexity index is 164. The normalized spacial score (nSPS) is 46.3. The van der Waals surface area contributed by atoms with Gasteiger partial charge in [0.1, 0.15) is 0 Å². The highest BCUT2D eigenvalue weighted by Crippen LogP contribution is 2.58. The van der Waals surface area contributed by atoms with Gasteiger partial charge in [-0.15, -0.1) is 11.6 Å². The van der Waals surface area contributed by atoms with Gasteiger partial charge in [-0.25, -0.2) is 0 Å². The van der Waals surface area contributed by atoms with Crippen LogP contribution in [0.1, 0.15) is 6.42 Å². The SMILES string of the molecule is O=C1OC[C@@H]2C[C@]12CCl. The van der Waals surface area contributed by atoms with Crippen molar-refractivity contribution in [2.75, 3.05) is 12.5 Å². The molecule has 0 aromatic carbocycles. The van der Waals surface area contributed by atoms with Crippen molar-refractivity contribution in [2.24, 2.45) is 11.3 Å². The van der Waals surface area contributed by atoms with E-state index in [-0.39, 0.29) is 11.4 Å². The minimum absolute atomic E-state index is 0.0810. The molecule has 2 rings (SSSR count). The van der Waals surface area contributed by atoms with Crippen LogP contribution in [-0.4, -0.2) is 18.5 Å². The quantitative estimate of drug-likeness (QED) is 0.404. The minimum atomic E-state index is -0.235. The maximum absolute atomic E-state index is 10.9. The van der Waals surface area contributed by atoms with Crippen LogP contribution in [0.3, 0.4) is 0 Å². The number of hydrogen-bond acceptors (Lipinski definition) is 2. The van der Waals surface area contributed by atoms with E-state index in [0.29, 0.717) is 18.4 Å². The van der Waals surface area contributed by atoms with E-state index in [4.69, 9.17) is 16.3 Å². The Labute approximate surface area is 58.1 Å². The molecule has 9 heavy (non-hydrogen) atoms. The number of carbonyl (C=O) groups is 1. The van der Waals surface area contributed by atoms with E-state index in [1.54, 1.807) is 0 Å². The van der Waals surface area contributed by atoms with Gasteiger partial charge in [0.25, 0.3) is 0 Å². The van der Waals surface area contributed by atoms with Crippen LogP contribution in [0.2, 0.25) is 0 Å². The molecule has 0 N–H and O–H groups in total. The van der Waals surface area contributed by atoms with Gasteiger partial charge in [0.2, 0.25) is 0 Å². The molecule has 1 aliphatic heterocycles. The number of esters is 1. The molecule has 1 aliphatic carbocycles. The second kappa shape index (κ2) is 1.43. The molecular formula is C6H7ClO2. The Morgan fingerprint density at radius 2 is 2.67 bits per heavy atom. The van der Waals surface area contributed by atoms with E-state index >= 15 is 0 Å². The summed E-state index contributed by atoms with van der Waals surface area (Å²) >= 11 is 5.58. The van der Waals surface area contributed by atoms with Crippen molar-refractivity contribution in [3.8, 4) is 0 Å². The lowest BCUT2D eigenvalue weighted by Crippen LogP contribution is -2.14. The second-order valence-corrected chi connectivity index (χ2v) is 3.06. The fourth-order valence-corrected chi connectivity index (χ4v) is 1.82. The summed E-state index contributed by atoms with van der Waals surface area (Å²) in [5.41, 5.74) is -0.235. The molecule has 1 saturated heterocycles. The number of alkyl halides is 1. The van der Waals surface area contributed by atoms with Crippen LogP contribution >= 0.6 is 11.6 Å². The lowest BCUT2D eigenvalue weighted by Gasteiger charge is -2.00. The van der Waals surface area contributed by atoms with Crippen molar-refractivity contribution in [3.05, 3.63) is 0 Å². The Balaban J connectivity index is 2.23. The molecule has 0 spiro atoms. The zero-order chi connectivity index (χ0) is 6.48. The molecule has 0 aromatic heterocycles. The first kappa shape index (κ1) is 5.54. The van der Waals surface area contributed by atoms with E-state index in [2.05, 4.69) is 0 Å². The molecular weight excluding hydrogens is 140 g/mol. The van der Waals surface area contributed by atoms with Crippen LogP contribution in [-0.2, 0) is 9.53 Å². The number of hydrogen-bond donors (Lipinski definition) is 0. The zero-order valence-corrected chi connectivity index (χ0v) is 5.65. The van der Waals surface area contributed by atoms with Crippen molar-refractivity contribution in [3.63, 3.8) is 0 Å². The van der Waals surface area contributed by atoms with Gasteiger partial charge in [0.15, 0.2) is 0 Å². The molecule has 0 radical (unpaired) electrons. The minimum Gasteiger partial charge on any atom is -0.465 e. The monoisotopic (exact) mass is 146 g/mol. The second-order valence-electron chi connectivity index (χ2n) is 2.79. The predicted molar refractivity (Wildman–Crippen MR) is 32.2 cm³/mol. The molecule has 0 bridgehead atoms. The third-order valence-corrected chi connectivity index (χ3v) is 2.77. The van der Waals surface area contributed by atoms with Gasteiger partial charge in [0.05, 0.1) is 12.0 Å². The van der Waals surface area contributed by atoms with Crippen molar-refractivity contribution in [1.29, 1.82) is 0 Å². The molecule has 0 unspecified atom stereocenters. The Hall–Kier alpha value is -0.240. The van der Waals surface area contributed by atoms with E-state index < -0.39 is 0 Å². The summed E-state index contributed by atoms with van der Waals surface area (Å²) in [5, 5.41) is 0. The number of cyclic esters (lactones) is 1. The maximum atomic E-state index is 10.9. The molecule has 2 fully saturated rings. The molecule has 2 aliphatic rings. The summed E-state index contributed by atoms with van der Waals surface area (Å²) < 4.78 is 4.79. The predicted octanol–water partition coefficient (Wildman–Crippen LogP) is 0.788. The number of halogens is 1. The summed E-state index contributed by atoms with van der Waals surface area (Å²) in [4.78, 5) is 10.9. The van der Waals surface area contributed by atoms with Gasteiger partial charge in [-0.05, 0) is 6.42 Å². The van der Waals surface area contributed by atoms with Crippen LogP contribution in [0, 0.1) is 11.3 Å². The van der Waals surface area contributed by atoms with E-state index in [0.717, 1.165) is 6.42 Å². The smallest absolute Gasteiger partial charge is 0.313 e. The molecule has 0 amide bonds. The van der Waals surface area contributed by atoms with Gasteiger partial charge in [0, 0.05) is 11.8 Å². The fourth-order valence-electron chi connectivity index (χ4n) is 1.39. The van der Waals surface area contributed by atoms with Gasteiger partial charge >= 0.3 is 5.97 Å². The Morgan fingerprint density at radius 1 is 1.89 bits per heavy atom. The Kier molecular flexibility index (Phi) is 0.878. The molecule has 2 nitrogen and oxygen atoms in total. The number of fused-ring (bicyclic) bond motifs is 1. The van der Waals surface area contributed by atoms with E-state index in [1.807, 2.05) is 0 Å². The van der Waals surface area contributed by atoms with Crippen LogP contribution in [0.5, 0.6) is 0 Å². The zero-order valence-electron chi connectivity index (χ0n) is 4.89. The van der Waals surface area contributed by atoms with E-state index in [9.17, 15) is 4.79 Å². The molecule has 3 heteroatoms. The third kappa shape index (κ3) is 0.497. The Morgan fingerprint density at radius 3 is 2.89 bits per heavy atom. The van der Waals surface area contributed by atoms with Gasteiger partial charge in [-0.1, -0.05) is 0 Å².